The number of amides is 2. The van der Waals surface area contributed by atoms with Crippen LogP contribution in [-0.2, 0) is 16.4 Å². The monoisotopic (exact) mass is 318 g/mol. The van der Waals surface area contributed by atoms with Gasteiger partial charge in [-0.25, -0.2) is 13.2 Å². The summed E-state index contributed by atoms with van der Waals surface area (Å²) in [5.41, 5.74) is 1.15. The third-order valence-electron chi connectivity index (χ3n) is 3.28. The van der Waals surface area contributed by atoms with Crippen LogP contribution in [0.5, 0.6) is 0 Å². The van der Waals surface area contributed by atoms with Crippen LogP contribution in [0.1, 0.15) is 24.3 Å². The number of carbonyl (C=O) groups is 1. The van der Waals surface area contributed by atoms with E-state index in [-0.39, 0.29) is 23.6 Å². The van der Waals surface area contributed by atoms with Gasteiger partial charge >= 0.3 is 6.03 Å². The number of hydrogen-bond donors (Lipinski definition) is 1. The van der Waals surface area contributed by atoms with Gasteiger partial charge in [-0.1, -0.05) is 6.92 Å². The Bertz CT molecular complexity index is 552. The molecule has 1 N–H and O–H groups in total. The topological polar surface area (TPSA) is 66.5 Å². The molecule has 2 amide bonds. The first kappa shape index (κ1) is 17.0. The van der Waals surface area contributed by atoms with Crippen molar-refractivity contribution in [1.82, 2.24) is 10.2 Å². The fraction of sp³-hybridized carbons (Fsp3) is 0.615. The summed E-state index contributed by atoms with van der Waals surface area (Å²) in [4.78, 5) is 14.5. The van der Waals surface area contributed by atoms with Crippen LogP contribution >= 0.6 is 11.3 Å². The Labute approximate surface area is 124 Å². The molecule has 0 radical (unpaired) electrons. The molecule has 5 nitrogen and oxygen atoms in total. The number of carbonyl (C=O) groups excluding carboxylic acids is 1. The van der Waals surface area contributed by atoms with E-state index in [9.17, 15) is 13.2 Å². The number of rotatable bonds is 6. The van der Waals surface area contributed by atoms with Crippen LogP contribution in [0.25, 0.3) is 0 Å². The van der Waals surface area contributed by atoms with Gasteiger partial charge in [-0.3, -0.25) is 0 Å². The summed E-state index contributed by atoms with van der Waals surface area (Å²) in [5, 5.41) is 4.80. The molecule has 0 unspecified atom stereocenters. The number of thiophene rings is 1. The van der Waals surface area contributed by atoms with Crippen molar-refractivity contribution in [1.29, 1.82) is 0 Å². The molecule has 0 aliphatic rings. The summed E-state index contributed by atoms with van der Waals surface area (Å²) < 4.78 is 23.1. The Balaban J connectivity index is 2.52. The first-order chi connectivity index (χ1) is 9.26. The van der Waals surface area contributed by atoms with E-state index in [4.69, 9.17) is 0 Å². The summed E-state index contributed by atoms with van der Waals surface area (Å²) in [5.74, 6) is 0.0899. The van der Waals surface area contributed by atoms with Crippen LogP contribution in [0, 0.1) is 6.92 Å². The van der Waals surface area contributed by atoms with Crippen molar-refractivity contribution in [2.24, 2.45) is 0 Å². The van der Waals surface area contributed by atoms with Crippen molar-refractivity contribution < 1.29 is 13.2 Å². The SMILES string of the molecule is CCS(=O)(=O)C[C@@H](C)N(C)C(=O)NCc1sccc1C. The van der Waals surface area contributed by atoms with Gasteiger partial charge in [0.05, 0.1) is 12.3 Å². The van der Waals surface area contributed by atoms with E-state index in [1.807, 2.05) is 18.4 Å². The van der Waals surface area contributed by atoms with Crippen LogP contribution in [0.2, 0.25) is 0 Å². The Morgan fingerprint density at radius 3 is 2.65 bits per heavy atom. The molecule has 1 heterocycles. The lowest BCUT2D eigenvalue weighted by atomic mass is 10.3. The van der Waals surface area contributed by atoms with E-state index in [1.165, 1.54) is 4.90 Å². The predicted octanol–water partition coefficient (Wildman–Crippen LogP) is 2.02. The highest BCUT2D eigenvalue weighted by molar-refractivity contribution is 7.91. The van der Waals surface area contributed by atoms with Crippen molar-refractivity contribution in [2.75, 3.05) is 18.6 Å². The molecule has 0 bridgehead atoms. The lowest BCUT2D eigenvalue weighted by Gasteiger charge is -2.24. The first-order valence-corrected chi connectivity index (χ1v) is 9.21. The van der Waals surface area contributed by atoms with Gasteiger partial charge in [-0.05, 0) is 30.9 Å². The van der Waals surface area contributed by atoms with E-state index in [0.29, 0.717) is 6.54 Å². The van der Waals surface area contributed by atoms with E-state index >= 15 is 0 Å². The van der Waals surface area contributed by atoms with Gasteiger partial charge in [0.25, 0.3) is 0 Å². The number of aryl methyl sites for hydroxylation is 1. The molecule has 0 aliphatic heterocycles. The van der Waals surface area contributed by atoms with Crippen molar-refractivity contribution in [3.05, 3.63) is 21.9 Å². The summed E-state index contributed by atoms with van der Waals surface area (Å²) in [6.45, 7) is 5.82. The molecule has 0 saturated carbocycles. The van der Waals surface area contributed by atoms with Gasteiger partial charge in [0.15, 0.2) is 9.84 Å². The molecule has 0 fully saturated rings. The number of hydrogen-bond acceptors (Lipinski definition) is 4. The highest BCUT2D eigenvalue weighted by atomic mass is 32.2. The van der Waals surface area contributed by atoms with Gasteiger partial charge in [-0.2, -0.15) is 0 Å². The normalized spacial score (nSPS) is 13.0. The van der Waals surface area contributed by atoms with Crippen molar-refractivity contribution >= 4 is 27.2 Å². The number of urea groups is 1. The molecule has 114 valence electrons. The fourth-order valence-electron chi connectivity index (χ4n) is 1.66. The molecule has 1 atom stereocenters. The maximum Gasteiger partial charge on any atom is 0.317 e. The average Bonchev–Trinajstić information content (AvgIpc) is 2.80. The third-order valence-corrected chi connectivity index (χ3v) is 6.18. The second-order valence-corrected chi connectivity index (χ2v) is 8.24. The van der Waals surface area contributed by atoms with Gasteiger partial charge in [0, 0.05) is 23.7 Å². The van der Waals surface area contributed by atoms with Crippen LogP contribution in [0.4, 0.5) is 4.79 Å². The molecule has 0 spiro atoms. The minimum absolute atomic E-state index is 0.00848. The molecular formula is C13H22N2O3S2. The zero-order valence-corrected chi connectivity index (χ0v) is 14.0. The smallest absolute Gasteiger partial charge is 0.317 e. The summed E-state index contributed by atoms with van der Waals surface area (Å²) in [6.07, 6.45) is 0. The summed E-state index contributed by atoms with van der Waals surface area (Å²) >= 11 is 1.60. The van der Waals surface area contributed by atoms with Gasteiger partial charge in [0.2, 0.25) is 0 Å². The van der Waals surface area contributed by atoms with Crippen LogP contribution in [0.3, 0.4) is 0 Å². The lowest BCUT2D eigenvalue weighted by molar-refractivity contribution is 0.197. The Kier molecular flexibility index (Phi) is 6.01. The summed E-state index contributed by atoms with van der Waals surface area (Å²) in [7, 11) is -1.46. The largest absolute Gasteiger partial charge is 0.333 e. The standard InChI is InChI=1S/C13H22N2O3S2/c1-5-20(17,18)9-11(3)15(4)13(16)14-8-12-10(2)6-7-19-12/h6-7,11H,5,8-9H2,1-4H3,(H,14,16)/t11-/m1/s1. The highest BCUT2D eigenvalue weighted by Crippen LogP contribution is 2.15. The zero-order chi connectivity index (χ0) is 15.3. The van der Waals surface area contributed by atoms with Crippen molar-refractivity contribution in [3.63, 3.8) is 0 Å². The average molecular weight is 318 g/mol. The quantitative estimate of drug-likeness (QED) is 0.872. The molecular weight excluding hydrogens is 296 g/mol. The minimum Gasteiger partial charge on any atom is -0.333 e. The van der Waals surface area contributed by atoms with Gasteiger partial charge < -0.3 is 10.2 Å². The van der Waals surface area contributed by atoms with Gasteiger partial charge in [0.1, 0.15) is 0 Å². The third kappa shape index (κ3) is 4.79. The molecule has 0 aliphatic carbocycles. The van der Waals surface area contributed by atoms with Crippen molar-refractivity contribution in [2.45, 2.75) is 33.4 Å². The Hall–Kier alpha value is -1.08. The molecule has 0 aromatic carbocycles. The lowest BCUT2D eigenvalue weighted by Crippen LogP contribution is -2.45. The predicted molar refractivity (Wildman–Crippen MR) is 82.8 cm³/mol. The van der Waals surface area contributed by atoms with Crippen LogP contribution < -0.4 is 5.32 Å². The Morgan fingerprint density at radius 2 is 2.15 bits per heavy atom. The molecule has 1 rings (SSSR count). The van der Waals surface area contributed by atoms with E-state index < -0.39 is 9.84 Å². The fourth-order valence-corrected chi connectivity index (χ4v) is 3.70. The second-order valence-electron chi connectivity index (χ2n) is 4.84. The van der Waals surface area contributed by atoms with Crippen LogP contribution in [0.15, 0.2) is 11.4 Å². The maximum absolute atomic E-state index is 12.0. The first-order valence-electron chi connectivity index (χ1n) is 6.51. The van der Waals surface area contributed by atoms with Crippen molar-refractivity contribution in [3.8, 4) is 0 Å². The van der Waals surface area contributed by atoms with Crippen LogP contribution in [-0.4, -0.2) is 43.9 Å². The number of sulfone groups is 1. The van der Waals surface area contributed by atoms with E-state index in [1.54, 1.807) is 32.2 Å². The highest BCUT2D eigenvalue weighted by Gasteiger charge is 2.21. The second kappa shape index (κ2) is 7.08. The molecule has 1 aromatic heterocycles. The molecule has 20 heavy (non-hydrogen) atoms. The Morgan fingerprint density at radius 1 is 1.50 bits per heavy atom. The molecule has 0 saturated heterocycles. The molecule has 7 heteroatoms. The minimum atomic E-state index is -3.08. The molecule has 1 aromatic rings. The number of nitrogens with zero attached hydrogens (tertiary/aromatic N) is 1. The zero-order valence-electron chi connectivity index (χ0n) is 12.3. The number of nitrogens with one attached hydrogen (secondary N) is 1. The maximum atomic E-state index is 12.0. The van der Waals surface area contributed by atoms with E-state index in [0.717, 1.165) is 10.4 Å². The van der Waals surface area contributed by atoms with Gasteiger partial charge in [-0.15, -0.1) is 11.3 Å². The van der Waals surface area contributed by atoms with E-state index in [2.05, 4.69) is 5.32 Å². The summed E-state index contributed by atoms with van der Waals surface area (Å²) in [6, 6.07) is 1.41.